The number of allylic oxidation sites excluding steroid dienone is 1. The van der Waals surface area contributed by atoms with Crippen molar-refractivity contribution in [3.8, 4) is 5.75 Å². The van der Waals surface area contributed by atoms with Crippen molar-refractivity contribution in [1.29, 1.82) is 0 Å². The fraction of sp³-hybridized carbons (Fsp3) is 0.179. The van der Waals surface area contributed by atoms with Gasteiger partial charge < -0.3 is 9.47 Å². The van der Waals surface area contributed by atoms with Crippen LogP contribution in [0.5, 0.6) is 5.75 Å². The average Bonchev–Trinajstić information content (AvgIpc) is 3.52. The number of carbonyl (C=O) groups excluding carboxylic acids is 1. The number of halogens is 3. The Bertz CT molecular complexity index is 1760. The predicted molar refractivity (Wildman–Crippen MR) is 167 cm³/mol. The number of hydrogen-bond donors (Lipinski definition) is 0. The van der Waals surface area contributed by atoms with E-state index in [1.807, 2.05) is 35.7 Å². The highest BCUT2D eigenvalue weighted by Crippen LogP contribution is 2.33. The molecule has 11 heteroatoms. The zero-order chi connectivity index (χ0) is 27.7. The summed E-state index contributed by atoms with van der Waals surface area (Å²) < 4.78 is 28.8. The maximum absolute atomic E-state index is 13.9. The number of nitrogens with zero attached hydrogens (tertiary/aromatic N) is 2. The van der Waals surface area contributed by atoms with Crippen molar-refractivity contribution in [3.63, 3.8) is 0 Å². The van der Waals surface area contributed by atoms with Gasteiger partial charge in [0.2, 0.25) is 0 Å². The van der Waals surface area contributed by atoms with Crippen LogP contribution in [-0.2, 0) is 16.1 Å². The summed E-state index contributed by atoms with van der Waals surface area (Å²) in [5.41, 5.74) is 2.23. The third-order valence-electron chi connectivity index (χ3n) is 5.95. The van der Waals surface area contributed by atoms with E-state index < -0.39 is 12.0 Å². The molecule has 6 nitrogen and oxygen atoms in total. The van der Waals surface area contributed by atoms with Gasteiger partial charge in [-0.3, -0.25) is 9.36 Å². The van der Waals surface area contributed by atoms with Gasteiger partial charge in [-0.1, -0.05) is 29.5 Å². The fourth-order valence-electron chi connectivity index (χ4n) is 4.22. The maximum atomic E-state index is 13.9. The Morgan fingerprint density at radius 1 is 1.21 bits per heavy atom. The van der Waals surface area contributed by atoms with Crippen LogP contribution in [0.2, 0.25) is 0 Å². The van der Waals surface area contributed by atoms with E-state index >= 15 is 0 Å². The van der Waals surface area contributed by atoms with Crippen LogP contribution >= 0.6 is 67.9 Å². The van der Waals surface area contributed by atoms with E-state index in [0.717, 1.165) is 23.1 Å². The van der Waals surface area contributed by atoms with Gasteiger partial charge in [-0.2, -0.15) is 0 Å². The van der Waals surface area contributed by atoms with Crippen molar-refractivity contribution < 1.29 is 18.7 Å². The quantitative estimate of drug-likeness (QED) is 0.176. The fourth-order valence-corrected chi connectivity index (χ4v) is 8.13. The smallest absolute Gasteiger partial charge is 0.338 e. The molecule has 39 heavy (non-hydrogen) atoms. The lowest BCUT2D eigenvalue weighted by Gasteiger charge is -2.23. The molecule has 0 spiro atoms. The minimum absolute atomic E-state index is 0.225. The van der Waals surface area contributed by atoms with E-state index in [0.29, 0.717) is 26.4 Å². The van der Waals surface area contributed by atoms with Crippen molar-refractivity contribution in [2.24, 2.45) is 4.99 Å². The molecule has 5 rings (SSSR count). The van der Waals surface area contributed by atoms with Gasteiger partial charge in [-0.25, -0.2) is 14.2 Å². The topological polar surface area (TPSA) is 69.9 Å². The van der Waals surface area contributed by atoms with Crippen LogP contribution < -0.4 is 19.6 Å². The van der Waals surface area contributed by atoms with E-state index in [1.54, 1.807) is 30.5 Å². The Morgan fingerprint density at radius 3 is 2.67 bits per heavy atom. The number of benzene rings is 2. The molecule has 0 N–H and O–H groups in total. The first kappa shape index (κ1) is 28.2. The van der Waals surface area contributed by atoms with Crippen LogP contribution in [0.3, 0.4) is 0 Å². The highest BCUT2D eigenvalue weighted by atomic mass is 127. The first-order chi connectivity index (χ1) is 18.8. The van der Waals surface area contributed by atoms with Crippen molar-refractivity contribution in [3.05, 3.63) is 114 Å². The van der Waals surface area contributed by atoms with Gasteiger partial charge in [0.1, 0.15) is 24.2 Å². The van der Waals surface area contributed by atoms with E-state index in [4.69, 9.17) is 9.47 Å². The second kappa shape index (κ2) is 12.0. The monoisotopic (exact) mass is 786 g/mol. The van der Waals surface area contributed by atoms with Gasteiger partial charge >= 0.3 is 5.97 Å². The molecule has 1 atom stereocenters. The molecule has 2 aromatic heterocycles. The lowest BCUT2D eigenvalue weighted by atomic mass is 10.0. The summed E-state index contributed by atoms with van der Waals surface area (Å²) in [4.78, 5) is 32.9. The van der Waals surface area contributed by atoms with E-state index in [-0.39, 0.29) is 24.6 Å². The first-order valence-corrected chi connectivity index (χ1v) is 15.7. The van der Waals surface area contributed by atoms with Gasteiger partial charge in [-0.05, 0) is 106 Å². The summed E-state index contributed by atoms with van der Waals surface area (Å²) in [5.74, 6) is -0.152. The SMILES string of the molecule is CCOC(=O)C1=C(C)N=c2s/c(=C\c3cc(I)cc(I)c3OCc3ccc(F)cc3)c(=O)n2[C@H]1c1cccs1. The number of esters is 1. The second-order valence-electron chi connectivity index (χ2n) is 8.54. The molecule has 0 aliphatic carbocycles. The lowest BCUT2D eigenvalue weighted by molar-refractivity contribution is -0.139. The van der Waals surface area contributed by atoms with Crippen molar-refractivity contribution >= 4 is 79.9 Å². The number of thiophene rings is 1. The summed E-state index contributed by atoms with van der Waals surface area (Å²) in [7, 11) is 0. The van der Waals surface area contributed by atoms with Gasteiger partial charge in [0, 0.05) is 14.0 Å². The van der Waals surface area contributed by atoms with Gasteiger partial charge in [0.15, 0.2) is 4.80 Å². The number of rotatable bonds is 7. The van der Waals surface area contributed by atoms with Gasteiger partial charge in [0.25, 0.3) is 5.56 Å². The third-order valence-corrected chi connectivity index (χ3v) is 9.28. The Labute approximate surface area is 258 Å². The summed E-state index contributed by atoms with van der Waals surface area (Å²) >= 11 is 7.19. The molecule has 0 saturated carbocycles. The van der Waals surface area contributed by atoms with Crippen LogP contribution in [0, 0.1) is 13.0 Å². The molecule has 0 bridgehead atoms. The van der Waals surface area contributed by atoms with Gasteiger partial charge in [0.05, 0.1) is 26.0 Å². The number of ether oxygens (including phenoxy) is 2. The van der Waals surface area contributed by atoms with Crippen LogP contribution in [0.4, 0.5) is 4.39 Å². The molecule has 4 aromatic rings. The normalized spacial score (nSPS) is 15.2. The molecule has 1 aliphatic heterocycles. The predicted octanol–water partition coefficient (Wildman–Crippen LogP) is 5.79. The molecule has 200 valence electrons. The van der Waals surface area contributed by atoms with Crippen LogP contribution in [0.1, 0.15) is 35.9 Å². The Morgan fingerprint density at radius 2 is 1.97 bits per heavy atom. The highest BCUT2D eigenvalue weighted by Gasteiger charge is 2.34. The van der Waals surface area contributed by atoms with Crippen LogP contribution in [0.25, 0.3) is 6.08 Å². The Balaban J connectivity index is 1.62. The third kappa shape index (κ3) is 5.91. The Kier molecular flexibility index (Phi) is 8.69. The summed E-state index contributed by atoms with van der Waals surface area (Å²) in [5, 5.41) is 1.92. The zero-order valence-corrected chi connectivity index (χ0v) is 26.7. The highest BCUT2D eigenvalue weighted by molar-refractivity contribution is 14.1. The summed E-state index contributed by atoms with van der Waals surface area (Å²) in [6.45, 7) is 4.00. The van der Waals surface area contributed by atoms with Crippen LogP contribution in [-0.4, -0.2) is 17.1 Å². The molecular weight excluding hydrogens is 765 g/mol. The second-order valence-corrected chi connectivity index (χ2v) is 12.9. The molecule has 0 saturated heterocycles. The van der Waals surface area contributed by atoms with Crippen LogP contribution in [0.15, 0.2) is 75.0 Å². The average molecular weight is 786 g/mol. The Hall–Kier alpha value is -2.36. The van der Waals surface area contributed by atoms with E-state index in [9.17, 15) is 14.0 Å². The van der Waals surface area contributed by atoms with E-state index in [2.05, 4.69) is 50.2 Å². The zero-order valence-electron chi connectivity index (χ0n) is 20.7. The number of fused-ring (bicyclic) bond motifs is 1. The van der Waals surface area contributed by atoms with Gasteiger partial charge in [-0.15, -0.1) is 11.3 Å². The molecule has 0 amide bonds. The van der Waals surface area contributed by atoms with E-state index in [1.165, 1.54) is 34.8 Å². The number of carbonyl (C=O) groups is 1. The molecule has 0 unspecified atom stereocenters. The minimum Gasteiger partial charge on any atom is -0.487 e. The molecule has 2 aromatic carbocycles. The standard InChI is InChI=1S/C28H21FI2N2O4S2/c1-3-36-27(35)23-15(2)32-28-33(24(23)21-5-4-10-38-21)26(34)22(39-28)12-17-11-19(30)13-20(31)25(17)37-14-16-6-8-18(29)9-7-16/h4-13,24H,3,14H2,1-2H3/b22-12-/t24-/m0/s1. The molecule has 0 fully saturated rings. The molecule has 3 heterocycles. The molecule has 1 aliphatic rings. The van der Waals surface area contributed by atoms with Crippen molar-refractivity contribution in [2.75, 3.05) is 6.61 Å². The van der Waals surface area contributed by atoms with Crippen molar-refractivity contribution in [1.82, 2.24) is 4.57 Å². The lowest BCUT2D eigenvalue weighted by Crippen LogP contribution is -2.39. The number of aromatic nitrogens is 1. The number of thiazole rings is 1. The molecular formula is C28H21FI2N2O4S2. The van der Waals surface area contributed by atoms with Crippen molar-refractivity contribution in [2.45, 2.75) is 26.5 Å². The number of hydrogen-bond acceptors (Lipinski definition) is 7. The summed E-state index contributed by atoms with van der Waals surface area (Å²) in [6.07, 6.45) is 1.81. The minimum atomic E-state index is -0.618. The molecule has 0 radical (unpaired) electrons. The summed E-state index contributed by atoms with van der Waals surface area (Å²) in [6, 6.07) is 13.3. The first-order valence-electron chi connectivity index (χ1n) is 11.9. The largest absolute Gasteiger partial charge is 0.487 e. The maximum Gasteiger partial charge on any atom is 0.338 e.